The molecular weight excluding hydrogens is 116 g/mol. The normalized spacial score (nSPS) is 8.89. The number of hydrogen-bond acceptors (Lipinski definition) is 3. The van der Waals surface area contributed by atoms with Crippen LogP contribution in [-0.4, -0.2) is 4.98 Å². The van der Waals surface area contributed by atoms with Crippen LogP contribution in [0.15, 0.2) is 29.7 Å². The fourth-order valence-electron chi connectivity index (χ4n) is 0.563. The Morgan fingerprint density at radius 1 is 1.44 bits per heavy atom. The van der Waals surface area contributed by atoms with Crippen LogP contribution in [-0.2, 0) is 6.54 Å². The van der Waals surface area contributed by atoms with Crippen molar-refractivity contribution < 1.29 is 0 Å². The van der Waals surface area contributed by atoms with Crippen molar-refractivity contribution in [2.24, 2.45) is 5.18 Å². The van der Waals surface area contributed by atoms with Gasteiger partial charge in [-0.1, -0.05) is 5.18 Å². The van der Waals surface area contributed by atoms with Crippen LogP contribution in [0.3, 0.4) is 0 Å². The average molecular weight is 122 g/mol. The van der Waals surface area contributed by atoms with E-state index in [2.05, 4.69) is 10.2 Å². The molecule has 0 N–H and O–H groups in total. The summed E-state index contributed by atoms with van der Waals surface area (Å²) in [5.74, 6) is 0. The zero-order chi connectivity index (χ0) is 6.53. The third-order valence-electron chi connectivity index (χ3n) is 0.996. The summed E-state index contributed by atoms with van der Waals surface area (Å²) in [6.07, 6.45) is 3.28. The summed E-state index contributed by atoms with van der Waals surface area (Å²) in [6.45, 7) is 0.239. The lowest BCUT2D eigenvalue weighted by Gasteiger charge is -1.87. The first-order chi connectivity index (χ1) is 4.43. The van der Waals surface area contributed by atoms with Gasteiger partial charge in [0.05, 0.1) is 0 Å². The van der Waals surface area contributed by atoms with Gasteiger partial charge >= 0.3 is 0 Å². The van der Waals surface area contributed by atoms with Crippen LogP contribution >= 0.6 is 0 Å². The molecule has 3 heteroatoms. The maximum Gasteiger partial charge on any atom is 0.106 e. The van der Waals surface area contributed by atoms with Gasteiger partial charge in [0.25, 0.3) is 0 Å². The predicted octanol–water partition coefficient (Wildman–Crippen LogP) is 1.35. The van der Waals surface area contributed by atoms with Crippen LogP contribution in [0.1, 0.15) is 5.56 Å². The SMILES string of the molecule is O=NCc1ccncc1. The van der Waals surface area contributed by atoms with Crippen molar-refractivity contribution in [3.05, 3.63) is 35.0 Å². The number of pyridine rings is 1. The van der Waals surface area contributed by atoms with Gasteiger partial charge in [-0.25, -0.2) is 0 Å². The molecule has 1 rings (SSSR count). The molecule has 1 heterocycles. The lowest BCUT2D eigenvalue weighted by molar-refractivity contribution is 1.04. The van der Waals surface area contributed by atoms with E-state index in [1.165, 1.54) is 0 Å². The molecular formula is C6H6N2O. The van der Waals surface area contributed by atoms with E-state index in [0.717, 1.165) is 5.56 Å². The van der Waals surface area contributed by atoms with Gasteiger partial charge in [0.1, 0.15) is 6.54 Å². The standard InChI is InChI=1S/C6H6N2O/c9-8-5-6-1-3-7-4-2-6/h1-4H,5H2. The van der Waals surface area contributed by atoms with E-state index in [9.17, 15) is 4.91 Å². The molecule has 0 unspecified atom stereocenters. The highest BCUT2D eigenvalue weighted by Crippen LogP contribution is 1.96. The van der Waals surface area contributed by atoms with Crippen LogP contribution in [0, 0.1) is 4.91 Å². The lowest BCUT2D eigenvalue weighted by atomic mass is 10.3. The Kier molecular flexibility index (Phi) is 1.90. The second-order valence-electron chi connectivity index (χ2n) is 1.64. The van der Waals surface area contributed by atoms with Crippen molar-refractivity contribution in [3.8, 4) is 0 Å². The molecule has 0 bridgehead atoms. The monoisotopic (exact) mass is 122 g/mol. The minimum absolute atomic E-state index is 0.239. The minimum atomic E-state index is 0.239. The number of nitroso groups, excluding NO2 is 1. The van der Waals surface area contributed by atoms with Crippen LogP contribution in [0.25, 0.3) is 0 Å². The van der Waals surface area contributed by atoms with Crippen molar-refractivity contribution in [2.45, 2.75) is 6.54 Å². The molecule has 3 nitrogen and oxygen atoms in total. The molecule has 0 aromatic carbocycles. The highest BCUT2D eigenvalue weighted by molar-refractivity contribution is 5.08. The van der Waals surface area contributed by atoms with E-state index < -0.39 is 0 Å². The Hall–Kier alpha value is -1.25. The fourth-order valence-corrected chi connectivity index (χ4v) is 0.563. The first kappa shape index (κ1) is 5.88. The molecule has 0 spiro atoms. The Balaban J connectivity index is 2.72. The molecule has 1 aromatic heterocycles. The van der Waals surface area contributed by atoms with Crippen molar-refractivity contribution in [2.75, 3.05) is 0 Å². The van der Waals surface area contributed by atoms with E-state index in [-0.39, 0.29) is 6.54 Å². The molecule has 0 radical (unpaired) electrons. The summed E-state index contributed by atoms with van der Waals surface area (Å²) >= 11 is 0. The molecule has 0 saturated heterocycles. The molecule has 0 atom stereocenters. The Morgan fingerprint density at radius 2 is 2.11 bits per heavy atom. The quantitative estimate of drug-likeness (QED) is 0.555. The molecule has 0 aliphatic rings. The first-order valence-corrected chi connectivity index (χ1v) is 2.61. The van der Waals surface area contributed by atoms with Crippen molar-refractivity contribution in [1.29, 1.82) is 0 Å². The molecule has 0 fully saturated rings. The van der Waals surface area contributed by atoms with E-state index in [1.807, 2.05) is 0 Å². The smallest absolute Gasteiger partial charge is 0.106 e. The lowest BCUT2D eigenvalue weighted by Crippen LogP contribution is -1.78. The Labute approximate surface area is 52.7 Å². The van der Waals surface area contributed by atoms with Gasteiger partial charge in [-0.2, -0.15) is 4.91 Å². The second-order valence-corrected chi connectivity index (χ2v) is 1.64. The second kappa shape index (κ2) is 2.91. The van der Waals surface area contributed by atoms with Crippen LogP contribution in [0.2, 0.25) is 0 Å². The van der Waals surface area contributed by atoms with Crippen molar-refractivity contribution in [3.63, 3.8) is 0 Å². The number of hydrogen-bond donors (Lipinski definition) is 0. The van der Waals surface area contributed by atoms with Gasteiger partial charge < -0.3 is 0 Å². The van der Waals surface area contributed by atoms with Crippen molar-refractivity contribution >= 4 is 0 Å². The zero-order valence-electron chi connectivity index (χ0n) is 4.82. The molecule has 0 saturated carbocycles. The molecule has 0 aliphatic carbocycles. The summed E-state index contributed by atoms with van der Waals surface area (Å²) in [6, 6.07) is 3.53. The Morgan fingerprint density at radius 3 is 2.67 bits per heavy atom. The largest absolute Gasteiger partial charge is 0.265 e. The number of rotatable bonds is 2. The topological polar surface area (TPSA) is 42.3 Å². The van der Waals surface area contributed by atoms with Crippen LogP contribution in [0.4, 0.5) is 0 Å². The maximum absolute atomic E-state index is 9.70. The molecule has 0 amide bonds. The van der Waals surface area contributed by atoms with Gasteiger partial charge in [0, 0.05) is 12.4 Å². The third-order valence-corrected chi connectivity index (χ3v) is 0.996. The van der Waals surface area contributed by atoms with E-state index in [1.54, 1.807) is 24.5 Å². The highest BCUT2D eigenvalue weighted by Gasteiger charge is 1.86. The maximum atomic E-state index is 9.70. The van der Waals surface area contributed by atoms with Gasteiger partial charge in [-0.15, -0.1) is 0 Å². The summed E-state index contributed by atoms with van der Waals surface area (Å²) < 4.78 is 0. The predicted molar refractivity (Wildman–Crippen MR) is 33.7 cm³/mol. The van der Waals surface area contributed by atoms with Gasteiger partial charge in [-0.05, 0) is 17.7 Å². The van der Waals surface area contributed by atoms with E-state index in [4.69, 9.17) is 0 Å². The minimum Gasteiger partial charge on any atom is -0.265 e. The summed E-state index contributed by atoms with van der Waals surface area (Å²) in [4.78, 5) is 13.5. The zero-order valence-corrected chi connectivity index (χ0v) is 4.82. The Bertz CT molecular complexity index is 186. The third kappa shape index (κ3) is 1.60. The summed E-state index contributed by atoms with van der Waals surface area (Å²) in [5.41, 5.74) is 0.903. The summed E-state index contributed by atoms with van der Waals surface area (Å²) in [5, 5.41) is 2.73. The first-order valence-electron chi connectivity index (χ1n) is 2.61. The van der Waals surface area contributed by atoms with Crippen LogP contribution < -0.4 is 0 Å². The average Bonchev–Trinajstić information content (AvgIpc) is 1.91. The van der Waals surface area contributed by atoms with Gasteiger partial charge in [0.2, 0.25) is 0 Å². The van der Waals surface area contributed by atoms with Gasteiger partial charge in [-0.3, -0.25) is 4.98 Å². The molecule has 0 aliphatic heterocycles. The molecule has 46 valence electrons. The van der Waals surface area contributed by atoms with Gasteiger partial charge in [0.15, 0.2) is 0 Å². The van der Waals surface area contributed by atoms with Crippen molar-refractivity contribution in [1.82, 2.24) is 4.98 Å². The fraction of sp³-hybridized carbons (Fsp3) is 0.167. The van der Waals surface area contributed by atoms with E-state index >= 15 is 0 Å². The summed E-state index contributed by atoms with van der Waals surface area (Å²) in [7, 11) is 0. The van der Waals surface area contributed by atoms with Crippen LogP contribution in [0.5, 0.6) is 0 Å². The number of nitrogens with zero attached hydrogens (tertiary/aromatic N) is 2. The highest BCUT2D eigenvalue weighted by atomic mass is 16.3. The molecule has 1 aromatic rings. The number of aromatic nitrogens is 1. The molecule has 9 heavy (non-hydrogen) atoms. The van der Waals surface area contributed by atoms with E-state index in [0.29, 0.717) is 0 Å².